The van der Waals surface area contributed by atoms with E-state index in [2.05, 4.69) is 10.6 Å². The summed E-state index contributed by atoms with van der Waals surface area (Å²) in [5, 5.41) is 5.82. The van der Waals surface area contributed by atoms with Gasteiger partial charge in [-0.2, -0.15) is 0 Å². The monoisotopic (exact) mass is 382 g/mol. The van der Waals surface area contributed by atoms with Crippen LogP contribution in [0.4, 0.5) is 4.39 Å². The molecular formula is C19H24ClFN2O3. The van der Waals surface area contributed by atoms with Crippen LogP contribution in [0.5, 0.6) is 5.75 Å². The van der Waals surface area contributed by atoms with Crippen molar-refractivity contribution in [2.75, 3.05) is 26.8 Å². The Hall–Kier alpha value is -2.15. The van der Waals surface area contributed by atoms with Gasteiger partial charge in [0.1, 0.15) is 18.2 Å². The number of methoxy groups -OCH3 is 1. The number of halogens is 2. The zero-order valence-electron chi connectivity index (χ0n) is 14.7. The van der Waals surface area contributed by atoms with Crippen LogP contribution in [0.25, 0.3) is 0 Å². The van der Waals surface area contributed by atoms with Gasteiger partial charge in [0, 0.05) is 20.2 Å². The minimum atomic E-state index is -0.274. The number of ether oxygens (including phenoxy) is 2. The summed E-state index contributed by atoms with van der Waals surface area (Å²) in [6, 6.07) is 13.8. The number of hydrogen-bond acceptors (Lipinski definition) is 4. The average molecular weight is 383 g/mol. The Morgan fingerprint density at radius 3 is 2.58 bits per heavy atom. The van der Waals surface area contributed by atoms with Gasteiger partial charge < -0.3 is 20.1 Å². The lowest BCUT2D eigenvalue weighted by Gasteiger charge is -2.09. The van der Waals surface area contributed by atoms with Crippen LogP contribution < -0.4 is 15.4 Å². The van der Waals surface area contributed by atoms with Gasteiger partial charge in [0.2, 0.25) is 5.91 Å². The summed E-state index contributed by atoms with van der Waals surface area (Å²) in [4.78, 5) is 11.7. The fourth-order valence-electron chi connectivity index (χ4n) is 2.14. The van der Waals surface area contributed by atoms with E-state index in [4.69, 9.17) is 9.47 Å². The second-order valence-corrected chi connectivity index (χ2v) is 5.51. The lowest BCUT2D eigenvalue weighted by atomic mass is 10.2. The number of benzene rings is 2. The molecule has 2 rings (SSSR count). The lowest BCUT2D eigenvalue weighted by molar-refractivity contribution is -0.120. The highest BCUT2D eigenvalue weighted by molar-refractivity contribution is 5.85. The number of carbonyl (C=O) groups excluding carboxylic acids is 1. The van der Waals surface area contributed by atoms with E-state index in [1.807, 2.05) is 30.3 Å². The van der Waals surface area contributed by atoms with Crippen molar-refractivity contribution in [1.29, 1.82) is 0 Å². The predicted octanol–water partition coefficient (Wildman–Crippen LogP) is 2.68. The Kier molecular flexibility index (Phi) is 10.3. The van der Waals surface area contributed by atoms with Crippen LogP contribution in [0.15, 0.2) is 48.5 Å². The second-order valence-electron chi connectivity index (χ2n) is 5.51. The molecular weight excluding hydrogens is 359 g/mol. The van der Waals surface area contributed by atoms with Crippen LogP contribution in [0.3, 0.4) is 0 Å². The molecule has 5 nitrogen and oxygen atoms in total. The summed E-state index contributed by atoms with van der Waals surface area (Å²) >= 11 is 0. The molecule has 142 valence electrons. The minimum absolute atomic E-state index is 0. The number of amides is 1. The third-order valence-electron chi connectivity index (χ3n) is 3.48. The van der Waals surface area contributed by atoms with Crippen LogP contribution in [0, 0.1) is 5.82 Å². The summed E-state index contributed by atoms with van der Waals surface area (Å²) in [7, 11) is 1.62. The quantitative estimate of drug-likeness (QED) is 0.620. The molecule has 2 N–H and O–H groups in total. The molecule has 0 saturated carbocycles. The van der Waals surface area contributed by atoms with Crippen LogP contribution in [-0.2, 0) is 22.7 Å². The molecule has 0 unspecified atom stereocenters. The molecule has 0 bridgehead atoms. The van der Waals surface area contributed by atoms with Gasteiger partial charge in [-0.05, 0) is 35.4 Å². The molecule has 0 saturated heterocycles. The van der Waals surface area contributed by atoms with Gasteiger partial charge in [-0.15, -0.1) is 12.4 Å². The first-order chi connectivity index (χ1) is 12.2. The molecule has 0 fully saturated rings. The number of nitrogens with one attached hydrogen (secondary N) is 2. The standard InChI is InChI=1S/C19H23FN2O3.ClH/c1-24-10-9-21-13-19(23)22-12-15-5-7-18(8-6-15)25-14-16-3-2-4-17(20)11-16;/h2-8,11,21H,9-10,12-14H2,1H3,(H,22,23);1H. The molecule has 0 radical (unpaired) electrons. The third kappa shape index (κ3) is 8.29. The van der Waals surface area contributed by atoms with Gasteiger partial charge >= 0.3 is 0 Å². The minimum Gasteiger partial charge on any atom is -0.489 e. The lowest BCUT2D eigenvalue weighted by Crippen LogP contribution is -2.34. The largest absolute Gasteiger partial charge is 0.489 e. The molecule has 7 heteroatoms. The first-order valence-electron chi connectivity index (χ1n) is 8.10. The molecule has 0 aliphatic carbocycles. The van der Waals surface area contributed by atoms with Crippen molar-refractivity contribution < 1.29 is 18.7 Å². The summed E-state index contributed by atoms with van der Waals surface area (Å²) in [5.41, 5.74) is 1.75. The Bertz CT molecular complexity index is 668. The highest BCUT2D eigenvalue weighted by atomic mass is 35.5. The van der Waals surface area contributed by atoms with Crippen molar-refractivity contribution in [3.8, 4) is 5.75 Å². The maximum atomic E-state index is 13.1. The molecule has 2 aromatic carbocycles. The van der Waals surface area contributed by atoms with E-state index in [1.165, 1.54) is 12.1 Å². The Labute approximate surface area is 159 Å². The molecule has 0 spiro atoms. The van der Waals surface area contributed by atoms with Gasteiger partial charge in [-0.25, -0.2) is 4.39 Å². The number of hydrogen-bond donors (Lipinski definition) is 2. The highest BCUT2D eigenvalue weighted by Crippen LogP contribution is 2.14. The van der Waals surface area contributed by atoms with E-state index in [1.54, 1.807) is 13.2 Å². The predicted molar refractivity (Wildman–Crippen MR) is 101 cm³/mol. The van der Waals surface area contributed by atoms with Crippen LogP contribution in [0.1, 0.15) is 11.1 Å². The van der Waals surface area contributed by atoms with E-state index in [-0.39, 0.29) is 30.7 Å². The Balaban J connectivity index is 0.00000338. The normalized spacial score (nSPS) is 10.1. The van der Waals surface area contributed by atoms with Crippen molar-refractivity contribution in [3.63, 3.8) is 0 Å². The van der Waals surface area contributed by atoms with Gasteiger partial charge in [0.25, 0.3) is 0 Å². The Morgan fingerprint density at radius 1 is 1.12 bits per heavy atom. The molecule has 26 heavy (non-hydrogen) atoms. The van der Waals surface area contributed by atoms with E-state index < -0.39 is 0 Å². The summed E-state index contributed by atoms with van der Waals surface area (Å²) in [6.45, 7) is 2.24. The molecule has 2 aromatic rings. The van der Waals surface area contributed by atoms with Gasteiger partial charge in [-0.3, -0.25) is 4.79 Å². The van der Waals surface area contributed by atoms with Crippen molar-refractivity contribution in [2.24, 2.45) is 0 Å². The molecule has 0 aliphatic heterocycles. The topological polar surface area (TPSA) is 59.6 Å². The van der Waals surface area contributed by atoms with Crippen LogP contribution >= 0.6 is 12.4 Å². The van der Waals surface area contributed by atoms with Gasteiger partial charge in [0.05, 0.1) is 13.2 Å². The summed E-state index contributed by atoms with van der Waals surface area (Å²) in [6.07, 6.45) is 0. The number of carbonyl (C=O) groups is 1. The van der Waals surface area contributed by atoms with Crippen molar-refractivity contribution in [1.82, 2.24) is 10.6 Å². The summed E-state index contributed by atoms with van der Waals surface area (Å²) in [5.74, 6) is 0.354. The maximum absolute atomic E-state index is 13.1. The average Bonchev–Trinajstić information content (AvgIpc) is 2.63. The van der Waals surface area contributed by atoms with E-state index in [9.17, 15) is 9.18 Å². The van der Waals surface area contributed by atoms with Crippen molar-refractivity contribution >= 4 is 18.3 Å². The SMILES string of the molecule is COCCNCC(=O)NCc1ccc(OCc2cccc(F)c2)cc1.Cl. The smallest absolute Gasteiger partial charge is 0.234 e. The first-order valence-corrected chi connectivity index (χ1v) is 8.10. The van der Waals surface area contributed by atoms with Crippen molar-refractivity contribution in [2.45, 2.75) is 13.2 Å². The zero-order chi connectivity index (χ0) is 17.9. The molecule has 0 aliphatic rings. The zero-order valence-corrected chi connectivity index (χ0v) is 15.5. The van der Waals surface area contributed by atoms with Gasteiger partial charge in [0.15, 0.2) is 0 Å². The van der Waals surface area contributed by atoms with Crippen LogP contribution in [0.2, 0.25) is 0 Å². The van der Waals surface area contributed by atoms with E-state index in [0.717, 1.165) is 11.1 Å². The van der Waals surface area contributed by atoms with Gasteiger partial charge in [-0.1, -0.05) is 24.3 Å². The van der Waals surface area contributed by atoms with E-state index in [0.29, 0.717) is 32.1 Å². The third-order valence-corrected chi connectivity index (χ3v) is 3.48. The fourth-order valence-corrected chi connectivity index (χ4v) is 2.14. The maximum Gasteiger partial charge on any atom is 0.234 e. The molecule has 0 heterocycles. The second kappa shape index (κ2) is 12.2. The molecule has 1 amide bonds. The summed E-state index contributed by atoms with van der Waals surface area (Å²) < 4.78 is 23.6. The molecule has 0 aromatic heterocycles. The highest BCUT2D eigenvalue weighted by Gasteiger charge is 2.02. The first kappa shape index (κ1) is 21.9. The van der Waals surface area contributed by atoms with Crippen LogP contribution in [-0.4, -0.2) is 32.7 Å². The fraction of sp³-hybridized carbons (Fsp3) is 0.316. The van der Waals surface area contributed by atoms with Crippen molar-refractivity contribution in [3.05, 3.63) is 65.5 Å². The molecule has 0 atom stereocenters. The number of rotatable bonds is 10. The Morgan fingerprint density at radius 2 is 1.88 bits per heavy atom. The van der Waals surface area contributed by atoms with E-state index >= 15 is 0 Å².